The molecule has 126 valence electrons. The van der Waals surface area contributed by atoms with Gasteiger partial charge in [-0.05, 0) is 36.8 Å². The Kier molecular flexibility index (Phi) is 3.93. The van der Waals surface area contributed by atoms with E-state index in [4.69, 9.17) is 4.52 Å². The van der Waals surface area contributed by atoms with Crippen molar-refractivity contribution in [2.75, 3.05) is 16.8 Å². The van der Waals surface area contributed by atoms with Crippen molar-refractivity contribution in [1.29, 1.82) is 0 Å². The van der Waals surface area contributed by atoms with Gasteiger partial charge in [0.25, 0.3) is 0 Å². The van der Waals surface area contributed by atoms with E-state index in [1.165, 1.54) is 0 Å². The topological polar surface area (TPSA) is 75.4 Å². The molecule has 6 heteroatoms. The number of nitrogens with zero attached hydrogens (tertiary/aromatic N) is 2. The third-order valence-corrected chi connectivity index (χ3v) is 4.30. The predicted octanol–water partition coefficient (Wildman–Crippen LogP) is 3.14. The SMILES string of the molecule is O=C(Cc1noc2ccccc12)Nc1cccc(N2CCCC2=O)c1. The van der Waals surface area contributed by atoms with E-state index in [-0.39, 0.29) is 18.2 Å². The van der Waals surface area contributed by atoms with Crippen molar-refractivity contribution in [3.05, 3.63) is 54.2 Å². The first-order chi connectivity index (χ1) is 12.2. The van der Waals surface area contributed by atoms with E-state index in [0.29, 0.717) is 23.4 Å². The van der Waals surface area contributed by atoms with Gasteiger partial charge >= 0.3 is 0 Å². The molecule has 1 fully saturated rings. The first-order valence-corrected chi connectivity index (χ1v) is 8.24. The Morgan fingerprint density at radius 1 is 1.20 bits per heavy atom. The number of nitrogens with one attached hydrogen (secondary N) is 1. The lowest BCUT2D eigenvalue weighted by molar-refractivity contribution is -0.117. The molecule has 25 heavy (non-hydrogen) atoms. The number of para-hydroxylation sites is 1. The fraction of sp³-hybridized carbons (Fsp3) is 0.211. The van der Waals surface area contributed by atoms with Gasteiger partial charge in [-0.1, -0.05) is 23.4 Å². The second-order valence-corrected chi connectivity index (χ2v) is 6.05. The monoisotopic (exact) mass is 335 g/mol. The van der Waals surface area contributed by atoms with E-state index in [1.807, 2.05) is 48.5 Å². The van der Waals surface area contributed by atoms with Crippen LogP contribution in [0.5, 0.6) is 0 Å². The zero-order chi connectivity index (χ0) is 17.2. The number of aromatic nitrogens is 1. The highest BCUT2D eigenvalue weighted by Crippen LogP contribution is 2.24. The summed E-state index contributed by atoms with van der Waals surface area (Å²) >= 11 is 0. The highest BCUT2D eigenvalue weighted by molar-refractivity contribution is 5.98. The molecule has 0 spiro atoms. The average Bonchev–Trinajstić information content (AvgIpc) is 3.22. The second-order valence-electron chi connectivity index (χ2n) is 6.05. The highest BCUT2D eigenvalue weighted by atomic mass is 16.5. The van der Waals surface area contributed by atoms with E-state index in [9.17, 15) is 9.59 Å². The summed E-state index contributed by atoms with van der Waals surface area (Å²) in [7, 11) is 0. The Morgan fingerprint density at radius 3 is 2.92 bits per heavy atom. The third-order valence-electron chi connectivity index (χ3n) is 4.30. The van der Waals surface area contributed by atoms with E-state index < -0.39 is 0 Å². The molecule has 2 aromatic carbocycles. The molecular formula is C19H17N3O3. The van der Waals surface area contributed by atoms with E-state index in [2.05, 4.69) is 10.5 Å². The van der Waals surface area contributed by atoms with Gasteiger partial charge in [-0.2, -0.15) is 0 Å². The van der Waals surface area contributed by atoms with Crippen molar-refractivity contribution in [3.8, 4) is 0 Å². The molecule has 0 radical (unpaired) electrons. The molecule has 1 N–H and O–H groups in total. The van der Waals surface area contributed by atoms with Crippen LogP contribution in [0, 0.1) is 0 Å². The fourth-order valence-corrected chi connectivity index (χ4v) is 3.10. The largest absolute Gasteiger partial charge is 0.356 e. The predicted molar refractivity (Wildman–Crippen MR) is 94.4 cm³/mol. The molecule has 1 aliphatic rings. The van der Waals surface area contributed by atoms with Crippen molar-refractivity contribution in [1.82, 2.24) is 5.16 Å². The standard InChI is InChI=1S/C19H17N3O3/c23-18(12-16-15-7-1-2-8-17(15)25-21-16)20-13-5-3-6-14(11-13)22-10-4-9-19(22)24/h1-3,5-8,11H,4,9-10,12H2,(H,20,23). The Labute approximate surface area is 144 Å². The minimum Gasteiger partial charge on any atom is -0.356 e. The number of carbonyl (C=O) groups excluding carboxylic acids is 2. The maximum Gasteiger partial charge on any atom is 0.230 e. The molecule has 2 heterocycles. The van der Waals surface area contributed by atoms with Crippen LogP contribution < -0.4 is 10.2 Å². The number of fused-ring (bicyclic) bond motifs is 1. The summed E-state index contributed by atoms with van der Waals surface area (Å²) in [6, 6.07) is 14.8. The minimum absolute atomic E-state index is 0.123. The van der Waals surface area contributed by atoms with E-state index in [0.717, 1.165) is 24.0 Å². The van der Waals surface area contributed by atoms with Crippen LogP contribution in [0.2, 0.25) is 0 Å². The zero-order valence-corrected chi connectivity index (χ0v) is 13.6. The second kappa shape index (κ2) is 6.39. The summed E-state index contributed by atoms with van der Waals surface area (Å²) in [6.45, 7) is 0.723. The molecule has 3 aromatic rings. The third kappa shape index (κ3) is 3.10. The first kappa shape index (κ1) is 15.4. The summed E-state index contributed by atoms with van der Waals surface area (Å²) in [4.78, 5) is 26.0. The van der Waals surface area contributed by atoms with Crippen LogP contribution in [0.15, 0.2) is 53.1 Å². The van der Waals surface area contributed by atoms with Gasteiger partial charge in [-0.25, -0.2) is 0 Å². The summed E-state index contributed by atoms with van der Waals surface area (Å²) < 4.78 is 5.22. The van der Waals surface area contributed by atoms with Crippen LogP contribution >= 0.6 is 0 Å². The van der Waals surface area contributed by atoms with Gasteiger partial charge in [0, 0.05) is 29.7 Å². The Balaban J connectivity index is 1.48. The van der Waals surface area contributed by atoms with Gasteiger partial charge in [0.05, 0.1) is 6.42 Å². The molecule has 1 aliphatic heterocycles. The summed E-state index contributed by atoms with van der Waals surface area (Å²) in [5.74, 6) is -0.0542. The van der Waals surface area contributed by atoms with Crippen LogP contribution in [0.3, 0.4) is 0 Å². The number of benzene rings is 2. The molecule has 1 aromatic heterocycles. The zero-order valence-electron chi connectivity index (χ0n) is 13.6. The normalized spacial score (nSPS) is 14.2. The van der Waals surface area contributed by atoms with Crippen LogP contribution in [-0.2, 0) is 16.0 Å². The molecule has 0 unspecified atom stereocenters. The number of rotatable bonds is 4. The summed E-state index contributed by atoms with van der Waals surface area (Å²) in [5, 5.41) is 7.69. The van der Waals surface area contributed by atoms with Gasteiger partial charge in [0.15, 0.2) is 5.58 Å². The summed E-state index contributed by atoms with van der Waals surface area (Å²) in [6.07, 6.45) is 1.58. The highest BCUT2D eigenvalue weighted by Gasteiger charge is 2.22. The number of amides is 2. The van der Waals surface area contributed by atoms with Crippen molar-refractivity contribution in [3.63, 3.8) is 0 Å². The molecule has 0 saturated carbocycles. The van der Waals surface area contributed by atoms with Gasteiger partial charge in [0.2, 0.25) is 11.8 Å². The van der Waals surface area contributed by atoms with Gasteiger partial charge in [-0.15, -0.1) is 0 Å². The molecule has 0 aliphatic carbocycles. The maximum absolute atomic E-state index is 12.3. The molecule has 6 nitrogen and oxygen atoms in total. The Bertz CT molecular complexity index is 948. The Hall–Kier alpha value is -3.15. The number of carbonyl (C=O) groups is 2. The van der Waals surface area contributed by atoms with E-state index >= 15 is 0 Å². The first-order valence-electron chi connectivity index (χ1n) is 8.24. The smallest absolute Gasteiger partial charge is 0.230 e. The average molecular weight is 335 g/mol. The quantitative estimate of drug-likeness (QED) is 0.795. The van der Waals surface area contributed by atoms with Crippen LogP contribution in [0.25, 0.3) is 11.0 Å². The lowest BCUT2D eigenvalue weighted by Gasteiger charge is -2.16. The molecule has 0 atom stereocenters. The van der Waals surface area contributed by atoms with Crippen molar-refractivity contribution in [2.45, 2.75) is 19.3 Å². The van der Waals surface area contributed by atoms with Crippen molar-refractivity contribution >= 4 is 34.2 Å². The van der Waals surface area contributed by atoms with E-state index in [1.54, 1.807) is 4.90 Å². The Morgan fingerprint density at radius 2 is 2.08 bits per heavy atom. The maximum atomic E-state index is 12.3. The number of hydrogen-bond acceptors (Lipinski definition) is 4. The molecular weight excluding hydrogens is 318 g/mol. The lowest BCUT2D eigenvalue weighted by Crippen LogP contribution is -2.23. The van der Waals surface area contributed by atoms with Gasteiger partial charge in [0.1, 0.15) is 5.69 Å². The number of hydrogen-bond donors (Lipinski definition) is 1. The lowest BCUT2D eigenvalue weighted by atomic mass is 10.1. The van der Waals surface area contributed by atoms with Crippen LogP contribution in [-0.4, -0.2) is 23.5 Å². The minimum atomic E-state index is -0.177. The van der Waals surface area contributed by atoms with Gasteiger partial charge < -0.3 is 14.7 Å². The molecule has 1 saturated heterocycles. The molecule has 2 amide bonds. The molecule has 4 rings (SSSR count). The van der Waals surface area contributed by atoms with Crippen LogP contribution in [0.4, 0.5) is 11.4 Å². The van der Waals surface area contributed by atoms with Crippen LogP contribution in [0.1, 0.15) is 18.5 Å². The van der Waals surface area contributed by atoms with Crippen molar-refractivity contribution < 1.29 is 14.1 Å². The van der Waals surface area contributed by atoms with Gasteiger partial charge in [-0.3, -0.25) is 9.59 Å². The summed E-state index contributed by atoms with van der Waals surface area (Å²) in [5.41, 5.74) is 2.75. The number of anilines is 2. The molecule has 0 bridgehead atoms. The van der Waals surface area contributed by atoms with Crippen molar-refractivity contribution in [2.24, 2.45) is 0 Å². The fourth-order valence-electron chi connectivity index (χ4n) is 3.10.